The van der Waals surface area contributed by atoms with E-state index in [-0.39, 0.29) is 0 Å². The average molecular weight is 419 g/mol. The normalized spacial score (nSPS) is 12.8. The highest BCUT2D eigenvalue weighted by Gasteiger charge is 2.16. The van der Waals surface area contributed by atoms with Gasteiger partial charge in [0, 0.05) is 0 Å². The molecule has 170 valence electrons. The zero-order valence-corrected chi connectivity index (χ0v) is 20.6. The molecule has 28 heavy (non-hydrogen) atoms. The van der Waals surface area contributed by atoms with E-state index in [1.165, 1.54) is 89.9 Å². The van der Waals surface area contributed by atoms with E-state index >= 15 is 0 Å². The van der Waals surface area contributed by atoms with Crippen molar-refractivity contribution >= 4 is 8.60 Å². The third kappa shape index (κ3) is 19.6. The van der Waals surface area contributed by atoms with Crippen molar-refractivity contribution in [1.82, 2.24) is 0 Å². The molecule has 0 aromatic heterocycles. The first-order valence-electron chi connectivity index (χ1n) is 12.5. The van der Waals surface area contributed by atoms with E-state index in [2.05, 4.69) is 27.7 Å². The van der Waals surface area contributed by atoms with E-state index in [4.69, 9.17) is 13.6 Å². The van der Waals surface area contributed by atoms with Crippen LogP contribution in [0, 0.1) is 5.92 Å². The van der Waals surface area contributed by atoms with Crippen molar-refractivity contribution in [3.8, 4) is 0 Å². The molecule has 0 aromatic rings. The van der Waals surface area contributed by atoms with Crippen molar-refractivity contribution < 1.29 is 13.6 Å². The Labute approximate surface area is 178 Å². The Morgan fingerprint density at radius 1 is 0.536 bits per heavy atom. The molecule has 1 atom stereocenters. The first-order valence-corrected chi connectivity index (χ1v) is 13.6. The van der Waals surface area contributed by atoms with Crippen LogP contribution in [-0.4, -0.2) is 19.8 Å². The topological polar surface area (TPSA) is 27.7 Å². The molecule has 0 bridgehead atoms. The maximum Gasteiger partial charge on any atom is 0.332 e. The summed E-state index contributed by atoms with van der Waals surface area (Å²) in [6.45, 7) is 11.4. The van der Waals surface area contributed by atoms with E-state index in [0.29, 0.717) is 5.92 Å². The third-order valence-electron chi connectivity index (χ3n) is 5.35. The molecule has 0 saturated carbocycles. The lowest BCUT2D eigenvalue weighted by molar-refractivity contribution is 0.135. The maximum atomic E-state index is 6.10. The molecule has 0 aromatic carbocycles. The Bertz CT molecular complexity index is 271. The van der Waals surface area contributed by atoms with Crippen molar-refractivity contribution in [1.29, 1.82) is 0 Å². The van der Waals surface area contributed by atoms with E-state index in [9.17, 15) is 0 Å². The van der Waals surface area contributed by atoms with Gasteiger partial charge in [0.05, 0.1) is 19.8 Å². The van der Waals surface area contributed by atoms with Gasteiger partial charge >= 0.3 is 8.60 Å². The lowest BCUT2D eigenvalue weighted by atomic mass is 10.0. The minimum Gasteiger partial charge on any atom is -0.312 e. The van der Waals surface area contributed by atoms with Gasteiger partial charge < -0.3 is 13.6 Å². The van der Waals surface area contributed by atoms with Gasteiger partial charge in [-0.25, -0.2) is 0 Å². The summed E-state index contributed by atoms with van der Waals surface area (Å²) in [6.07, 6.45) is 20.4. The van der Waals surface area contributed by atoms with Gasteiger partial charge in [-0.1, -0.05) is 111 Å². The van der Waals surface area contributed by atoms with Crippen LogP contribution in [0.25, 0.3) is 0 Å². The summed E-state index contributed by atoms with van der Waals surface area (Å²) in [4.78, 5) is 0. The lowest BCUT2D eigenvalue weighted by Gasteiger charge is -2.20. The van der Waals surface area contributed by atoms with Crippen molar-refractivity contribution in [3.63, 3.8) is 0 Å². The van der Waals surface area contributed by atoms with Crippen molar-refractivity contribution in [3.05, 3.63) is 0 Å². The fourth-order valence-corrected chi connectivity index (χ4v) is 4.33. The molecule has 0 amide bonds. The monoisotopic (exact) mass is 418 g/mol. The molecule has 0 heterocycles. The number of hydrogen-bond donors (Lipinski definition) is 0. The van der Waals surface area contributed by atoms with Crippen molar-refractivity contribution in [2.24, 2.45) is 5.92 Å². The van der Waals surface area contributed by atoms with Crippen LogP contribution in [0.1, 0.15) is 130 Å². The Morgan fingerprint density at radius 3 is 1.46 bits per heavy atom. The largest absolute Gasteiger partial charge is 0.332 e. The average Bonchev–Trinajstić information content (AvgIpc) is 2.71. The van der Waals surface area contributed by atoms with Crippen LogP contribution in [-0.2, 0) is 13.6 Å². The van der Waals surface area contributed by atoms with Crippen LogP contribution in [0.4, 0.5) is 0 Å². The van der Waals surface area contributed by atoms with E-state index < -0.39 is 8.60 Å². The van der Waals surface area contributed by atoms with Crippen LogP contribution in [0.5, 0.6) is 0 Å². The highest BCUT2D eigenvalue weighted by molar-refractivity contribution is 7.41. The van der Waals surface area contributed by atoms with Gasteiger partial charge in [-0.15, -0.1) is 0 Å². The Kier molecular flexibility index (Phi) is 23.8. The second kappa shape index (κ2) is 23.6. The second-order valence-electron chi connectivity index (χ2n) is 8.14. The minimum atomic E-state index is -1.17. The summed E-state index contributed by atoms with van der Waals surface area (Å²) >= 11 is 0. The van der Waals surface area contributed by atoms with E-state index in [1.54, 1.807) is 0 Å². The summed E-state index contributed by atoms with van der Waals surface area (Å²) in [6, 6.07) is 0. The molecule has 0 fully saturated rings. The van der Waals surface area contributed by atoms with Crippen LogP contribution in [0.3, 0.4) is 0 Å². The molecule has 0 aliphatic rings. The lowest BCUT2D eigenvalue weighted by Crippen LogP contribution is -2.09. The molecular formula is C24H51O3P. The maximum absolute atomic E-state index is 6.10. The Morgan fingerprint density at radius 2 is 1.00 bits per heavy atom. The predicted molar refractivity (Wildman–Crippen MR) is 125 cm³/mol. The predicted octanol–water partition coefficient (Wildman–Crippen LogP) is 9.20. The molecule has 0 N–H and O–H groups in total. The second-order valence-corrected chi connectivity index (χ2v) is 9.36. The molecular weight excluding hydrogens is 367 g/mol. The molecule has 4 heteroatoms. The first-order chi connectivity index (χ1) is 13.8. The minimum absolute atomic E-state index is 0.639. The molecule has 0 radical (unpaired) electrons. The molecule has 0 aliphatic carbocycles. The first kappa shape index (κ1) is 28.3. The van der Waals surface area contributed by atoms with Gasteiger partial charge in [-0.2, -0.15) is 0 Å². The van der Waals surface area contributed by atoms with Crippen molar-refractivity contribution in [2.75, 3.05) is 19.8 Å². The van der Waals surface area contributed by atoms with E-state index in [0.717, 1.165) is 32.7 Å². The van der Waals surface area contributed by atoms with Gasteiger partial charge in [0.25, 0.3) is 0 Å². The fraction of sp³-hybridized carbons (Fsp3) is 1.00. The third-order valence-corrected chi connectivity index (χ3v) is 6.49. The molecule has 3 nitrogen and oxygen atoms in total. The quantitative estimate of drug-likeness (QED) is 0.122. The SMILES string of the molecule is CCCCCCCCOP(OCCCCCCCC)OCC(CC)CCCC. The van der Waals surface area contributed by atoms with Crippen LogP contribution >= 0.6 is 8.60 Å². The van der Waals surface area contributed by atoms with Gasteiger partial charge in [0.1, 0.15) is 0 Å². The summed E-state index contributed by atoms with van der Waals surface area (Å²) in [5, 5.41) is 0. The smallest absolute Gasteiger partial charge is 0.312 e. The van der Waals surface area contributed by atoms with E-state index in [1.807, 2.05) is 0 Å². The van der Waals surface area contributed by atoms with Gasteiger partial charge in [-0.3, -0.25) is 0 Å². The Hall–Kier alpha value is 0.310. The standard InChI is InChI=1S/C24H51O3P/c1-5-9-12-14-16-18-21-25-28(26-22-19-17-15-13-10-6-2)27-23-24(8-4)20-11-7-3/h24H,5-23H2,1-4H3. The number of unbranched alkanes of at least 4 members (excludes halogenated alkanes) is 11. The van der Waals surface area contributed by atoms with Crippen molar-refractivity contribution in [2.45, 2.75) is 130 Å². The molecule has 0 aliphatic heterocycles. The molecule has 0 rings (SSSR count). The zero-order valence-electron chi connectivity index (χ0n) is 19.7. The van der Waals surface area contributed by atoms with Crippen LogP contribution in [0.2, 0.25) is 0 Å². The van der Waals surface area contributed by atoms with Crippen LogP contribution in [0.15, 0.2) is 0 Å². The number of rotatable bonds is 23. The highest BCUT2D eigenvalue weighted by Crippen LogP contribution is 2.41. The summed E-state index contributed by atoms with van der Waals surface area (Å²) < 4.78 is 18.1. The summed E-state index contributed by atoms with van der Waals surface area (Å²) in [5.41, 5.74) is 0. The molecule has 0 saturated heterocycles. The fourth-order valence-electron chi connectivity index (χ4n) is 3.22. The molecule has 1 unspecified atom stereocenters. The highest BCUT2D eigenvalue weighted by atomic mass is 31.2. The summed E-state index contributed by atoms with van der Waals surface area (Å²) in [7, 11) is -1.17. The molecule has 0 spiro atoms. The van der Waals surface area contributed by atoms with Gasteiger partial charge in [0.15, 0.2) is 0 Å². The zero-order chi connectivity index (χ0) is 20.7. The number of hydrogen-bond acceptors (Lipinski definition) is 3. The van der Waals surface area contributed by atoms with Gasteiger partial charge in [0.2, 0.25) is 0 Å². The van der Waals surface area contributed by atoms with Crippen LogP contribution < -0.4 is 0 Å². The van der Waals surface area contributed by atoms with Gasteiger partial charge in [-0.05, 0) is 25.2 Å². The Balaban J connectivity index is 4.04. The summed E-state index contributed by atoms with van der Waals surface area (Å²) in [5.74, 6) is 0.639.